The van der Waals surface area contributed by atoms with Crippen LogP contribution < -0.4 is 9.80 Å². The molecule has 20 aromatic carbocycles. The van der Waals surface area contributed by atoms with Gasteiger partial charge in [-0.15, -0.1) is 0 Å². The van der Waals surface area contributed by atoms with Gasteiger partial charge < -0.3 is 28.3 Å². The zero-order valence-electron chi connectivity index (χ0n) is 68.7. The molecule has 0 aliphatic heterocycles. The summed E-state index contributed by atoms with van der Waals surface area (Å²) in [4.78, 5) is 8.49. The van der Waals surface area contributed by atoms with Crippen molar-refractivity contribution in [2.24, 2.45) is 0 Å². The Morgan fingerprint density at radius 3 is 1.03 bits per heavy atom. The molecule has 0 spiro atoms. The summed E-state index contributed by atoms with van der Waals surface area (Å²) in [6, 6.07) is 173. The summed E-state index contributed by atoms with van der Waals surface area (Å²) in [6.07, 6.45) is 0. The number of nitrogens with one attached hydrogen (secondary N) is 1. The summed E-state index contributed by atoms with van der Waals surface area (Å²) < 4.78 is 11.2. The lowest BCUT2D eigenvalue weighted by atomic mass is 9.92. The molecule has 24 aromatic rings. The second kappa shape index (κ2) is 30.7. The first-order chi connectivity index (χ1) is 62.4. The quantitative estimate of drug-likeness (QED) is 0.0988. The largest absolute Gasteiger partial charge is 0.456 e. The highest BCUT2D eigenvalue weighted by atomic mass is 16.3. The number of para-hydroxylation sites is 5. The van der Waals surface area contributed by atoms with Crippen LogP contribution in [0.2, 0.25) is 0 Å². The summed E-state index contributed by atoms with van der Waals surface area (Å²) in [5.41, 5.74) is 37.6. The standard InChI is InChI=1S/C120H79N5O/c1-5-23-79(24-6-1)91-68-92(80-25-7-2-8-26-80)70-94(69-91)84-49-59-101(60-50-84)123(100-53-43-82(44-54-100)89-51-63-106-105-35-13-17-39-113(105)121-114(106)75-89)104-61-65-109-107-36-14-18-40-115(107)125(118(109)78-104)102-34-22-31-88(74-102)86-29-21-30-87(67-86)96-72-93(81-27-9-3-10-28-81)71-95(73-96)85-47-57-99(58-48-85)122(98-55-45-83(46-56-98)90-52-64-111-110-38-16-20-42-119(110)126-120(111)76-90)103-62-66-117-112(77-103)108-37-15-19-41-116(108)124(117)97-32-11-4-12-33-97/h1-78,121H. The first kappa shape index (κ1) is 73.1. The van der Waals surface area contributed by atoms with Gasteiger partial charge in [0, 0.05) is 99.6 Å². The molecule has 0 aliphatic carbocycles. The summed E-state index contributed by atoms with van der Waals surface area (Å²) in [5, 5.41) is 9.44. The summed E-state index contributed by atoms with van der Waals surface area (Å²) in [6.45, 7) is 0. The molecule has 0 aliphatic rings. The molecule has 6 nitrogen and oxygen atoms in total. The van der Waals surface area contributed by atoms with Crippen molar-refractivity contribution in [1.82, 2.24) is 14.1 Å². The van der Waals surface area contributed by atoms with E-state index >= 15 is 0 Å². The topological polar surface area (TPSA) is 45.3 Å². The van der Waals surface area contributed by atoms with Crippen molar-refractivity contribution in [2.45, 2.75) is 0 Å². The van der Waals surface area contributed by atoms with Gasteiger partial charge in [0.05, 0.1) is 22.1 Å². The number of anilines is 6. The summed E-state index contributed by atoms with van der Waals surface area (Å²) >= 11 is 0. The number of nitrogens with zero attached hydrogens (tertiary/aromatic N) is 4. The van der Waals surface area contributed by atoms with E-state index in [1.165, 1.54) is 60.1 Å². The molecule has 6 heteroatoms. The number of rotatable bonds is 17. The van der Waals surface area contributed by atoms with E-state index in [1.54, 1.807) is 0 Å². The van der Waals surface area contributed by atoms with Crippen LogP contribution >= 0.6 is 0 Å². The third-order valence-corrected chi connectivity index (χ3v) is 25.4. The summed E-state index contributed by atoms with van der Waals surface area (Å²) in [5.74, 6) is 0. The normalized spacial score (nSPS) is 11.7. The van der Waals surface area contributed by atoms with Gasteiger partial charge in [0.25, 0.3) is 0 Å². The Kier molecular flexibility index (Phi) is 17.8. The van der Waals surface area contributed by atoms with Crippen LogP contribution in [0.4, 0.5) is 34.1 Å². The molecule has 590 valence electrons. The van der Waals surface area contributed by atoms with Crippen LogP contribution in [0.15, 0.2) is 478 Å². The van der Waals surface area contributed by atoms with E-state index in [1.807, 2.05) is 12.1 Å². The van der Waals surface area contributed by atoms with Crippen molar-refractivity contribution in [3.63, 3.8) is 0 Å². The Balaban J connectivity index is 0.586. The number of fused-ring (bicyclic) bond motifs is 12. The molecule has 0 unspecified atom stereocenters. The van der Waals surface area contributed by atoms with Crippen LogP contribution in [-0.2, 0) is 0 Å². The molecule has 0 radical (unpaired) electrons. The van der Waals surface area contributed by atoms with Gasteiger partial charge in [0.1, 0.15) is 11.2 Å². The Morgan fingerprint density at radius 2 is 0.476 bits per heavy atom. The molecular formula is C120H79N5O. The van der Waals surface area contributed by atoms with E-state index in [9.17, 15) is 0 Å². The van der Waals surface area contributed by atoms with Gasteiger partial charge >= 0.3 is 0 Å². The lowest BCUT2D eigenvalue weighted by Gasteiger charge is -2.26. The highest BCUT2D eigenvalue weighted by Gasteiger charge is 2.24. The zero-order chi connectivity index (χ0) is 83.1. The number of aromatic nitrogens is 3. The van der Waals surface area contributed by atoms with Crippen LogP contribution in [0.5, 0.6) is 0 Å². The zero-order valence-corrected chi connectivity index (χ0v) is 68.7. The second-order valence-corrected chi connectivity index (χ2v) is 32.9. The van der Waals surface area contributed by atoms with Crippen LogP contribution in [0.1, 0.15) is 0 Å². The predicted molar refractivity (Wildman–Crippen MR) is 530 cm³/mol. The Bertz CT molecular complexity index is 8230. The van der Waals surface area contributed by atoms with Gasteiger partial charge in [-0.25, -0.2) is 0 Å². The molecule has 0 amide bonds. The van der Waals surface area contributed by atoms with E-state index in [0.29, 0.717) is 0 Å². The minimum Gasteiger partial charge on any atom is -0.456 e. The minimum absolute atomic E-state index is 0.879. The third-order valence-electron chi connectivity index (χ3n) is 25.4. The van der Waals surface area contributed by atoms with Crippen molar-refractivity contribution < 1.29 is 4.42 Å². The highest BCUT2D eigenvalue weighted by Crippen LogP contribution is 2.47. The number of benzene rings is 20. The van der Waals surface area contributed by atoms with E-state index in [4.69, 9.17) is 4.42 Å². The fraction of sp³-hybridized carbons (Fsp3) is 0. The smallest absolute Gasteiger partial charge is 0.136 e. The Labute approximate surface area is 729 Å². The maximum Gasteiger partial charge on any atom is 0.136 e. The van der Waals surface area contributed by atoms with Crippen LogP contribution in [-0.4, -0.2) is 14.1 Å². The Hall–Kier alpha value is -16.8. The first-order valence-electron chi connectivity index (χ1n) is 43.1. The van der Waals surface area contributed by atoms with Gasteiger partial charge in [-0.1, -0.05) is 285 Å². The highest BCUT2D eigenvalue weighted by molar-refractivity contribution is 6.13. The maximum atomic E-state index is 6.40. The Morgan fingerprint density at radius 1 is 0.159 bits per heavy atom. The van der Waals surface area contributed by atoms with Gasteiger partial charge in [-0.2, -0.15) is 0 Å². The van der Waals surface area contributed by atoms with Crippen molar-refractivity contribution in [3.05, 3.63) is 473 Å². The summed E-state index contributed by atoms with van der Waals surface area (Å²) in [7, 11) is 0. The predicted octanol–water partition coefficient (Wildman–Crippen LogP) is 33.4. The van der Waals surface area contributed by atoms with Crippen molar-refractivity contribution in [1.29, 1.82) is 0 Å². The van der Waals surface area contributed by atoms with Gasteiger partial charge in [-0.05, 0) is 288 Å². The average molecular weight is 1610 g/mol. The lowest BCUT2D eigenvalue weighted by Crippen LogP contribution is -2.10. The molecular weight excluding hydrogens is 1530 g/mol. The fourth-order valence-electron chi connectivity index (χ4n) is 19.2. The fourth-order valence-corrected chi connectivity index (χ4v) is 19.2. The third kappa shape index (κ3) is 13.2. The van der Waals surface area contributed by atoms with Crippen LogP contribution in [0.3, 0.4) is 0 Å². The van der Waals surface area contributed by atoms with Crippen LogP contribution in [0.25, 0.3) is 199 Å². The number of H-pyrrole nitrogens is 1. The van der Waals surface area contributed by atoms with E-state index in [2.05, 4.69) is 485 Å². The van der Waals surface area contributed by atoms with Crippen molar-refractivity contribution >= 4 is 121 Å². The molecule has 0 saturated carbocycles. The van der Waals surface area contributed by atoms with Crippen molar-refractivity contribution in [3.8, 4) is 112 Å². The molecule has 0 fully saturated rings. The molecule has 4 heterocycles. The SMILES string of the molecule is c1ccc(-c2cc(-c3ccccc3)cc(-c3ccc(N(c4ccc(-c5ccc6c(c5)[nH]c5ccccc56)cc4)c4ccc5c6ccccc6n(-c6cccc(-c7cccc(-c8cc(-c9ccccc9)cc(-c9ccc(N(c%10ccc(-c%11ccc%12c(c%11)oc%11ccccc%11%12)cc%10)c%10ccc%11c(c%10)c%10ccccc%10n%11-c%10ccccc%10)cc9)c8)c7)c6)c5c4)cc3)c2)cc1. The first-order valence-corrected chi connectivity index (χ1v) is 43.1. The van der Waals surface area contributed by atoms with Crippen LogP contribution in [0, 0.1) is 0 Å². The minimum atomic E-state index is 0.879. The molecule has 0 bridgehead atoms. The van der Waals surface area contributed by atoms with E-state index < -0.39 is 0 Å². The monoisotopic (exact) mass is 1610 g/mol. The molecule has 24 rings (SSSR count). The molecule has 4 aromatic heterocycles. The van der Waals surface area contributed by atoms with E-state index in [-0.39, 0.29) is 0 Å². The lowest BCUT2D eigenvalue weighted by molar-refractivity contribution is 0.669. The van der Waals surface area contributed by atoms with Gasteiger partial charge in [-0.3, -0.25) is 0 Å². The molecule has 1 N–H and O–H groups in total. The number of hydrogen-bond donors (Lipinski definition) is 1. The number of furan rings is 1. The van der Waals surface area contributed by atoms with Gasteiger partial charge in [0.2, 0.25) is 0 Å². The maximum absolute atomic E-state index is 6.40. The molecule has 0 atom stereocenters. The van der Waals surface area contributed by atoms with Gasteiger partial charge in [0.15, 0.2) is 0 Å². The number of aromatic amines is 1. The number of hydrogen-bond acceptors (Lipinski definition) is 3. The second-order valence-electron chi connectivity index (χ2n) is 32.9. The molecule has 126 heavy (non-hydrogen) atoms. The molecule has 0 saturated heterocycles. The van der Waals surface area contributed by atoms with Crippen molar-refractivity contribution in [2.75, 3.05) is 9.80 Å². The van der Waals surface area contributed by atoms with E-state index in [0.717, 1.165) is 173 Å². The average Bonchev–Trinajstić information content (AvgIpc) is 1.58.